The third kappa shape index (κ3) is 3.79. The van der Waals surface area contributed by atoms with Gasteiger partial charge in [0.05, 0.1) is 25.5 Å². The fourth-order valence-electron chi connectivity index (χ4n) is 4.78. The van der Waals surface area contributed by atoms with Crippen LogP contribution in [0.2, 0.25) is 0 Å². The van der Waals surface area contributed by atoms with Gasteiger partial charge in [0.2, 0.25) is 11.8 Å². The van der Waals surface area contributed by atoms with Crippen LogP contribution in [0.15, 0.2) is 43.5 Å². The summed E-state index contributed by atoms with van der Waals surface area (Å²) in [4.78, 5) is 26.2. The first-order valence-electron chi connectivity index (χ1n) is 11.2. The second-order valence-electron chi connectivity index (χ2n) is 8.77. The van der Waals surface area contributed by atoms with Crippen molar-refractivity contribution in [1.29, 1.82) is 5.26 Å². The van der Waals surface area contributed by atoms with Gasteiger partial charge in [-0.05, 0) is 31.4 Å². The molecule has 1 saturated carbocycles. The van der Waals surface area contributed by atoms with Gasteiger partial charge in [0, 0.05) is 48.6 Å². The van der Waals surface area contributed by atoms with Crippen LogP contribution in [0.25, 0.3) is 16.6 Å². The minimum atomic E-state index is -0.193. The highest BCUT2D eigenvalue weighted by atomic mass is 16.5. The van der Waals surface area contributed by atoms with E-state index in [0.717, 1.165) is 17.5 Å². The first kappa shape index (κ1) is 21.7. The number of carbonyl (C=O) groups excluding carboxylic acids is 2. The van der Waals surface area contributed by atoms with E-state index in [2.05, 4.69) is 28.2 Å². The van der Waals surface area contributed by atoms with Crippen molar-refractivity contribution in [2.24, 2.45) is 5.92 Å². The van der Waals surface area contributed by atoms with Crippen LogP contribution < -0.4 is 10.1 Å². The van der Waals surface area contributed by atoms with Crippen molar-refractivity contribution in [3.05, 3.63) is 49.1 Å². The van der Waals surface area contributed by atoms with Gasteiger partial charge >= 0.3 is 0 Å². The SMILES string of the molecule is C=CC(=O)NC1CC(C(=O)N2CC[C@@H](n3cc(-c4cc(OC)c5c(C#N)cnn5c4)cn3)C2)C1. The van der Waals surface area contributed by atoms with E-state index in [1.807, 2.05) is 28.0 Å². The van der Waals surface area contributed by atoms with Gasteiger partial charge in [-0.25, -0.2) is 4.52 Å². The largest absolute Gasteiger partial charge is 0.494 e. The smallest absolute Gasteiger partial charge is 0.243 e. The number of pyridine rings is 1. The molecule has 5 rings (SSSR count). The van der Waals surface area contributed by atoms with Crippen LogP contribution in [0, 0.1) is 17.2 Å². The predicted molar refractivity (Wildman–Crippen MR) is 123 cm³/mol. The van der Waals surface area contributed by atoms with E-state index in [-0.39, 0.29) is 29.8 Å². The predicted octanol–water partition coefficient (Wildman–Crippen LogP) is 1.93. The first-order valence-corrected chi connectivity index (χ1v) is 11.2. The maximum atomic E-state index is 12.9. The number of nitrogens with zero attached hydrogens (tertiary/aromatic N) is 6. The van der Waals surface area contributed by atoms with Crippen molar-refractivity contribution in [2.45, 2.75) is 31.3 Å². The van der Waals surface area contributed by atoms with E-state index in [1.54, 1.807) is 17.8 Å². The second-order valence-corrected chi connectivity index (χ2v) is 8.77. The van der Waals surface area contributed by atoms with E-state index in [9.17, 15) is 14.9 Å². The van der Waals surface area contributed by atoms with Gasteiger partial charge in [-0.1, -0.05) is 6.58 Å². The Hall–Kier alpha value is -4.13. The molecular formula is C24H25N7O3. The number of fused-ring (bicyclic) bond motifs is 1. The average molecular weight is 460 g/mol. The lowest BCUT2D eigenvalue weighted by Gasteiger charge is -2.36. The van der Waals surface area contributed by atoms with Gasteiger partial charge in [-0.3, -0.25) is 14.3 Å². The summed E-state index contributed by atoms with van der Waals surface area (Å²) in [6.07, 6.45) is 10.6. The summed E-state index contributed by atoms with van der Waals surface area (Å²) in [7, 11) is 1.57. The molecule has 174 valence electrons. The molecule has 0 spiro atoms. The molecule has 2 fully saturated rings. The third-order valence-corrected chi connectivity index (χ3v) is 6.72. The number of likely N-dealkylation sites (tertiary alicyclic amines) is 1. The number of ether oxygens (including phenoxy) is 1. The summed E-state index contributed by atoms with van der Waals surface area (Å²) in [5.74, 6) is 0.497. The Morgan fingerprint density at radius 3 is 2.82 bits per heavy atom. The molecule has 0 aromatic carbocycles. The summed E-state index contributed by atoms with van der Waals surface area (Å²) in [6.45, 7) is 4.77. The van der Waals surface area contributed by atoms with Gasteiger partial charge in [0.15, 0.2) is 0 Å². The maximum absolute atomic E-state index is 12.9. The number of carbonyl (C=O) groups is 2. The molecule has 34 heavy (non-hydrogen) atoms. The van der Waals surface area contributed by atoms with Crippen LogP contribution in [-0.4, -0.2) is 62.3 Å². The lowest BCUT2D eigenvalue weighted by atomic mass is 9.79. The van der Waals surface area contributed by atoms with Crippen molar-refractivity contribution in [3.63, 3.8) is 0 Å². The van der Waals surface area contributed by atoms with Crippen LogP contribution in [0.1, 0.15) is 30.9 Å². The number of hydrogen-bond acceptors (Lipinski definition) is 6. The Kier molecular flexibility index (Phi) is 5.53. The molecule has 0 radical (unpaired) electrons. The topological polar surface area (TPSA) is 118 Å². The third-order valence-electron chi connectivity index (χ3n) is 6.72. The number of nitriles is 1. The van der Waals surface area contributed by atoms with Crippen molar-refractivity contribution < 1.29 is 14.3 Å². The van der Waals surface area contributed by atoms with E-state index in [0.29, 0.717) is 42.8 Å². The molecule has 3 aromatic rings. The maximum Gasteiger partial charge on any atom is 0.243 e. The lowest BCUT2D eigenvalue weighted by molar-refractivity contribution is -0.138. The molecule has 4 heterocycles. The van der Waals surface area contributed by atoms with Crippen LogP contribution in [0.3, 0.4) is 0 Å². The summed E-state index contributed by atoms with van der Waals surface area (Å²) >= 11 is 0. The standard InChI is InChI=1S/C24H25N7O3/c1-3-22(32)28-19-6-15(7-19)24(33)29-5-4-20(14-29)30-13-18(11-26-30)16-8-21(34-2)23-17(9-25)10-27-31(23)12-16/h3,8,10-13,15,19-20H,1,4-7,14H2,2H3,(H,28,32)/t15?,19?,20-/m1/s1. The minimum absolute atomic E-state index is 0.0337. The van der Waals surface area contributed by atoms with Crippen molar-refractivity contribution in [2.75, 3.05) is 20.2 Å². The van der Waals surface area contributed by atoms with E-state index >= 15 is 0 Å². The Morgan fingerprint density at radius 1 is 1.26 bits per heavy atom. The van der Waals surface area contributed by atoms with Gasteiger partial charge in [0.1, 0.15) is 22.9 Å². The first-order chi connectivity index (χ1) is 16.5. The summed E-state index contributed by atoms with van der Waals surface area (Å²) in [5, 5.41) is 21.0. The highest BCUT2D eigenvalue weighted by molar-refractivity contribution is 5.87. The van der Waals surface area contributed by atoms with Crippen molar-refractivity contribution >= 4 is 17.3 Å². The van der Waals surface area contributed by atoms with Gasteiger partial charge < -0.3 is 15.0 Å². The molecule has 1 atom stereocenters. The highest BCUT2D eigenvalue weighted by Gasteiger charge is 2.39. The number of amides is 2. The molecule has 2 aliphatic rings. The molecule has 10 heteroatoms. The number of hydrogen-bond donors (Lipinski definition) is 1. The Bertz CT molecular complexity index is 1310. The average Bonchev–Trinajstić information content (AvgIpc) is 3.58. The van der Waals surface area contributed by atoms with Crippen molar-refractivity contribution in [1.82, 2.24) is 29.6 Å². The molecule has 0 unspecified atom stereocenters. The van der Waals surface area contributed by atoms with Gasteiger partial charge in [0.25, 0.3) is 0 Å². The minimum Gasteiger partial charge on any atom is -0.494 e. The summed E-state index contributed by atoms with van der Waals surface area (Å²) < 4.78 is 9.06. The summed E-state index contributed by atoms with van der Waals surface area (Å²) in [5.41, 5.74) is 2.86. The Balaban J connectivity index is 1.25. The van der Waals surface area contributed by atoms with Gasteiger partial charge in [-0.2, -0.15) is 15.5 Å². The van der Waals surface area contributed by atoms with Crippen LogP contribution in [0.4, 0.5) is 0 Å². The molecule has 10 nitrogen and oxygen atoms in total. The number of methoxy groups -OCH3 is 1. The lowest BCUT2D eigenvalue weighted by Crippen LogP contribution is -2.49. The zero-order valence-electron chi connectivity index (χ0n) is 18.8. The molecule has 1 aliphatic carbocycles. The number of nitrogens with one attached hydrogen (secondary N) is 1. The summed E-state index contributed by atoms with van der Waals surface area (Å²) in [6, 6.07) is 4.17. The quantitative estimate of drug-likeness (QED) is 0.563. The van der Waals surface area contributed by atoms with Crippen LogP contribution >= 0.6 is 0 Å². The zero-order valence-corrected chi connectivity index (χ0v) is 18.8. The highest BCUT2D eigenvalue weighted by Crippen LogP contribution is 2.33. The van der Waals surface area contributed by atoms with E-state index in [1.165, 1.54) is 12.3 Å². The molecule has 3 aromatic heterocycles. The number of aromatic nitrogens is 4. The molecule has 1 N–H and O–H groups in total. The fourth-order valence-corrected chi connectivity index (χ4v) is 4.78. The second kappa shape index (κ2) is 8.67. The number of rotatable bonds is 6. The van der Waals surface area contributed by atoms with E-state index in [4.69, 9.17) is 4.74 Å². The Morgan fingerprint density at radius 2 is 2.09 bits per heavy atom. The molecule has 1 saturated heterocycles. The monoisotopic (exact) mass is 459 g/mol. The molecule has 1 aliphatic heterocycles. The van der Waals surface area contributed by atoms with Crippen LogP contribution in [0.5, 0.6) is 5.75 Å². The fraction of sp³-hybridized carbons (Fsp3) is 0.375. The Labute approximate surface area is 196 Å². The normalized spacial score (nSPS) is 21.6. The van der Waals surface area contributed by atoms with Crippen LogP contribution in [-0.2, 0) is 9.59 Å². The molecular weight excluding hydrogens is 434 g/mol. The van der Waals surface area contributed by atoms with Gasteiger partial charge in [-0.15, -0.1) is 0 Å². The molecule has 0 bridgehead atoms. The van der Waals surface area contributed by atoms with Crippen molar-refractivity contribution in [3.8, 4) is 22.9 Å². The van der Waals surface area contributed by atoms with E-state index < -0.39 is 0 Å². The molecule has 2 amide bonds. The zero-order chi connectivity index (χ0) is 23.8.